The quantitative estimate of drug-likeness (QED) is 0.520. The lowest BCUT2D eigenvalue weighted by Crippen LogP contribution is -2.53. The van der Waals surface area contributed by atoms with Gasteiger partial charge in [0, 0.05) is 18.7 Å². The highest BCUT2D eigenvalue weighted by Crippen LogP contribution is 2.33. The van der Waals surface area contributed by atoms with Crippen LogP contribution in [0.3, 0.4) is 0 Å². The number of piperazine rings is 1. The summed E-state index contributed by atoms with van der Waals surface area (Å²) in [6, 6.07) is 7.99. The van der Waals surface area contributed by atoms with Gasteiger partial charge in [-0.25, -0.2) is 21.1 Å². The predicted molar refractivity (Wildman–Crippen MR) is 117 cm³/mol. The molecule has 1 aliphatic heterocycles. The van der Waals surface area contributed by atoms with Crippen molar-refractivity contribution in [1.82, 2.24) is 8.61 Å². The van der Waals surface area contributed by atoms with E-state index in [0.717, 1.165) is 4.31 Å². The summed E-state index contributed by atoms with van der Waals surface area (Å²) in [6.45, 7) is -1.19. The SMILES string of the molecule is COc1ccc(S(=O)(=O)N2CCN(S(=O)(=O)c3ccc(OC)c(OC)c3)C(=O)C2)cc1OC. The highest BCUT2D eigenvalue weighted by atomic mass is 32.2. The summed E-state index contributed by atoms with van der Waals surface area (Å²) in [5, 5.41) is 0. The zero-order valence-electron chi connectivity index (χ0n) is 18.5. The van der Waals surface area contributed by atoms with E-state index in [-0.39, 0.29) is 34.4 Å². The molecule has 180 valence electrons. The van der Waals surface area contributed by atoms with Crippen molar-refractivity contribution in [2.45, 2.75) is 9.79 Å². The van der Waals surface area contributed by atoms with E-state index in [9.17, 15) is 21.6 Å². The molecule has 0 aromatic heterocycles. The number of carbonyl (C=O) groups is 1. The molecule has 0 radical (unpaired) electrons. The number of amides is 1. The lowest BCUT2D eigenvalue weighted by Gasteiger charge is -2.33. The van der Waals surface area contributed by atoms with Crippen LogP contribution in [0.15, 0.2) is 46.2 Å². The molecule has 1 fully saturated rings. The molecule has 0 saturated carbocycles. The molecule has 1 aliphatic rings. The largest absolute Gasteiger partial charge is 0.493 e. The first-order valence-corrected chi connectivity index (χ1v) is 12.5. The van der Waals surface area contributed by atoms with Crippen molar-refractivity contribution in [3.63, 3.8) is 0 Å². The minimum atomic E-state index is -4.23. The molecule has 2 aromatic rings. The van der Waals surface area contributed by atoms with Crippen molar-refractivity contribution < 1.29 is 40.6 Å². The number of hydrogen-bond donors (Lipinski definition) is 0. The molecule has 0 atom stereocenters. The number of benzene rings is 2. The van der Waals surface area contributed by atoms with Crippen LogP contribution in [0.25, 0.3) is 0 Å². The van der Waals surface area contributed by atoms with Crippen molar-refractivity contribution in [3.8, 4) is 23.0 Å². The number of hydrogen-bond acceptors (Lipinski definition) is 9. The zero-order chi connectivity index (χ0) is 24.4. The molecule has 0 unspecified atom stereocenters. The summed E-state index contributed by atoms with van der Waals surface area (Å²) in [5.74, 6) is 0.187. The average Bonchev–Trinajstić information content (AvgIpc) is 2.82. The molecule has 11 nitrogen and oxygen atoms in total. The second kappa shape index (κ2) is 9.45. The highest BCUT2D eigenvalue weighted by Gasteiger charge is 2.39. The molecular weight excluding hydrogens is 476 g/mol. The second-order valence-corrected chi connectivity index (χ2v) is 10.6. The van der Waals surface area contributed by atoms with Crippen LogP contribution in [-0.4, -0.2) is 79.4 Å². The summed E-state index contributed by atoms with van der Waals surface area (Å²) in [4.78, 5) is 12.5. The molecule has 3 rings (SSSR count). The van der Waals surface area contributed by atoms with Gasteiger partial charge in [-0.15, -0.1) is 0 Å². The van der Waals surface area contributed by atoms with E-state index in [0.29, 0.717) is 15.8 Å². The molecule has 1 amide bonds. The Hall–Kier alpha value is -3.03. The number of nitrogens with zero attached hydrogens (tertiary/aromatic N) is 2. The van der Waals surface area contributed by atoms with Crippen LogP contribution >= 0.6 is 0 Å². The smallest absolute Gasteiger partial charge is 0.266 e. The molecule has 0 N–H and O–H groups in total. The van der Waals surface area contributed by atoms with Crippen LogP contribution in [0.1, 0.15) is 0 Å². The second-order valence-electron chi connectivity index (χ2n) is 6.84. The van der Waals surface area contributed by atoms with E-state index in [1.165, 1.54) is 64.8 Å². The zero-order valence-corrected chi connectivity index (χ0v) is 20.1. The van der Waals surface area contributed by atoms with Gasteiger partial charge in [0.2, 0.25) is 10.0 Å². The number of methoxy groups -OCH3 is 4. The topological polar surface area (TPSA) is 129 Å². The van der Waals surface area contributed by atoms with Crippen molar-refractivity contribution in [1.29, 1.82) is 0 Å². The molecular formula is C20H24N2O9S2. The van der Waals surface area contributed by atoms with Gasteiger partial charge in [-0.3, -0.25) is 4.79 Å². The Balaban J connectivity index is 1.85. The summed E-state index contributed by atoms with van der Waals surface area (Å²) in [6.07, 6.45) is 0. The van der Waals surface area contributed by atoms with Crippen molar-refractivity contribution in [2.24, 2.45) is 0 Å². The maximum absolute atomic E-state index is 13.1. The van der Waals surface area contributed by atoms with Gasteiger partial charge < -0.3 is 18.9 Å². The van der Waals surface area contributed by atoms with E-state index in [4.69, 9.17) is 18.9 Å². The van der Waals surface area contributed by atoms with Crippen molar-refractivity contribution in [3.05, 3.63) is 36.4 Å². The molecule has 2 aromatic carbocycles. The van der Waals surface area contributed by atoms with E-state index < -0.39 is 32.5 Å². The number of rotatable bonds is 8. The maximum Gasteiger partial charge on any atom is 0.266 e. The first kappa shape index (κ1) is 24.6. The number of carbonyl (C=O) groups excluding carboxylic acids is 1. The Labute approximate surface area is 192 Å². The van der Waals surface area contributed by atoms with Gasteiger partial charge >= 0.3 is 0 Å². The van der Waals surface area contributed by atoms with Gasteiger partial charge in [0.05, 0.1) is 51.3 Å². The average molecular weight is 501 g/mol. The molecule has 13 heteroatoms. The van der Waals surface area contributed by atoms with Gasteiger partial charge in [-0.1, -0.05) is 0 Å². The van der Waals surface area contributed by atoms with Gasteiger partial charge in [0.25, 0.3) is 15.9 Å². The van der Waals surface area contributed by atoms with Crippen molar-refractivity contribution in [2.75, 3.05) is 48.1 Å². The fourth-order valence-corrected chi connectivity index (χ4v) is 6.12. The molecule has 33 heavy (non-hydrogen) atoms. The van der Waals surface area contributed by atoms with Crippen LogP contribution < -0.4 is 18.9 Å². The highest BCUT2D eigenvalue weighted by molar-refractivity contribution is 7.90. The predicted octanol–water partition coefficient (Wildman–Crippen LogP) is 0.943. The third-order valence-corrected chi connectivity index (χ3v) is 8.74. The van der Waals surface area contributed by atoms with Crippen LogP contribution in [0.5, 0.6) is 23.0 Å². The third-order valence-electron chi connectivity index (χ3n) is 5.08. The van der Waals surface area contributed by atoms with Crippen LogP contribution in [0.2, 0.25) is 0 Å². The van der Waals surface area contributed by atoms with E-state index >= 15 is 0 Å². The Morgan fingerprint density at radius 1 is 0.667 bits per heavy atom. The van der Waals surface area contributed by atoms with Gasteiger partial charge in [0.1, 0.15) is 0 Å². The lowest BCUT2D eigenvalue weighted by atomic mass is 10.3. The summed E-state index contributed by atoms with van der Waals surface area (Å²) < 4.78 is 74.3. The summed E-state index contributed by atoms with van der Waals surface area (Å²) in [7, 11) is -2.76. The first-order valence-electron chi connectivity index (χ1n) is 9.60. The lowest BCUT2D eigenvalue weighted by molar-refractivity contribution is -0.128. The minimum absolute atomic E-state index is 0.107. The van der Waals surface area contributed by atoms with Crippen LogP contribution in [0, 0.1) is 0 Å². The molecule has 0 aliphatic carbocycles. The van der Waals surface area contributed by atoms with Crippen molar-refractivity contribution >= 4 is 26.0 Å². The van der Waals surface area contributed by atoms with E-state index in [1.54, 1.807) is 0 Å². The van der Waals surface area contributed by atoms with Crippen LogP contribution in [-0.2, 0) is 24.8 Å². The Morgan fingerprint density at radius 3 is 1.55 bits per heavy atom. The van der Waals surface area contributed by atoms with E-state index in [2.05, 4.69) is 0 Å². The fourth-order valence-electron chi connectivity index (χ4n) is 3.33. The Bertz CT molecular complexity index is 1260. The molecule has 0 bridgehead atoms. The van der Waals surface area contributed by atoms with Crippen LogP contribution in [0.4, 0.5) is 0 Å². The molecule has 0 spiro atoms. The van der Waals surface area contributed by atoms with Gasteiger partial charge in [-0.2, -0.15) is 4.31 Å². The minimum Gasteiger partial charge on any atom is -0.493 e. The van der Waals surface area contributed by atoms with Gasteiger partial charge in [0.15, 0.2) is 23.0 Å². The van der Waals surface area contributed by atoms with Gasteiger partial charge in [-0.05, 0) is 24.3 Å². The summed E-state index contributed by atoms with van der Waals surface area (Å²) in [5.41, 5.74) is 0. The number of ether oxygens (including phenoxy) is 4. The third kappa shape index (κ3) is 4.56. The Morgan fingerprint density at radius 2 is 1.12 bits per heavy atom. The normalized spacial score (nSPS) is 15.3. The standard InChI is InChI=1S/C20H24N2O9S2/c1-28-16-7-5-14(11-18(16)30-3)32(24,25)21-9-10-22(20(23)13-21)33(26,27)15-6-8-17(29-2)19(12-15)31-4/h5-8,11-12H,9-10,13H2,1-4H3. The monoisotopic (exact) mass is 500 g/mol. The fraction of sp³-hybridized carbons (Fsp3) is 0.350. The Kier molecular flexibility index (Phi) is 7.05. The maximum atomic E-state index is 13.1. The summed E-state index contributed by atoms with van der Waals surface area (Å²) >= 11 is 0. The molecule has 1 saturated heterocycles. The van der Waals surface area contributed by atoms with E-state index in [1.807, 2.05) is 0 Å². The molecule has 1 heterocycles. The number of sulfonamides is 2. The first-order chi connectivity index (χ1) is 15.6.